The van der Waals surface area contributed by atoms with Gasteiger partial charge < -0.3 is 10.2 Å². The smallest absolute Gasteiger partial charge is 0.249 e. The summed E-state index contributed by atoms with van der Waals surface area (Å²) in [5.41, 5.74) is 0. The van der Waals surface area contributed by atoms with Crippen LogP contribution >= 0.6 is 24.0 Å². The van der Waals surface area contributed by atoms with E-state index in [1.165, 1.54) is 0 Å². The summed E-state index contributed by atoms with van der Waals surface area (Å²) in [4.78, 5) is 0.985. The molecule has 1 aromatic carbocycles. The topological polar surface area (TPSA) is 52.6 Å². The number of halogens is 2. The molecular weight excluding hydrogens is 388 g/mol. The van der Waals surface area contributed by atoms with Crippen molar-refractivity contribution in [1.29, 1.82) is 0 Å². The lowest BCUT2D eigenvalue weighted by atomic mass is 10.3. The Hall–Kier alpha value is -0.970. The van der Waals surface area contributed by atoms with Crippen LogP contribution in [0.2, 0.25) is 0 Å². The van der Waals surface area contributed by atoms with Gasteiger partial charge in [0.15, 0.2) is 10.0 Å². The molecule has 1 N–H and O–H groups in total. The SMILES string of the molecule is CSCCCNC(=S)N1CCN(S(=O)(=O)c2c(F)cccc2F)CC1. The minimum absolute atomic E-state index is 0.128. The van der Waals surface area contributed by atoms with Crippen molar-refractivity contribution in [3.8, 4) is 0 Å². The molecule has 1 heterocycles. The number of sulfonamides is 1. The van der Waals surface area contributed by atoms with E-state index in [1.54, 1.807) is 11.8 Å². The first-order valence-corrected chi connectivity index (χ1v) is 11.1. The van der Waals surface area contributed by atoms with Gasteiger partial charge in [0.2, 0.25) is 10.0 Å². The predicted molar refractivity (Wildman–Crippen MR) is 100 cm³/mol. The number of hydrogen-bond acceptors (Lipinski definition) is 4. The van der Waals surface area contributed by atoms with Crippen LogP contribution in [-0.4, -0.2) is 67.5 Å². The number of thioether (sulfide) groups is 1. The second-order valence-electron chi connectivity index (χ2n) is 5.52. The maximum absolute atomic E-state index is 13.8. The highest BCUT2D eigenvalue weighted by atomic mass is 32.2. The minimum atomic E-state index is -4.21. The molecule has 0 aromatic heterocycles. The Morgan fingerprint density at radius 2 is 1.84 bits per heavy atom. The number of hydrogen-bond donors (Lipinski definition) is 1. The predicted octanol–water partition coefficient (Wildman–Crippen LogP) is 1.90. The molecule has 10 heteroatoms. The fraction of sp³-hybridized carbons (Fsp3) is 0.533. The Kier molecular flexibility index (Phi) is 7.41. The number of thiocarbonyl (C=S) groups is 1. The van der Waals surface area contributed by atoms with E-state index in [2.05, 4.69) is 5.32 Å². The van der Waals surface area contributed by atoms with Gasteiger partial charge in [-0.05, 0) is 42.8 Å². The number of piperazine rings is 1. The van der Waals surface area contributed by atoms with Gasteiger partial charge in [0, 0.05) is 32.7 Å². The third kappa shape index (κ3) is 5.02. The summed E-state index contributed by atoms with van der Waals surface area (Å²) in [6.45, 7) is 1.78. The van der Waals surface area contributed by atoms with Crippen LogP contribution < -0.4 is 5.32 Å². The van der Waals surface area contributed by atoms with Crippen molar-refractivity contribution in [1.82, 2.24) is 14.5 Å². The molecule has 25 heavy (non-hydrogen) atoms. The average Bonchev–Trinajstić information content (AvgIpc) is 2.58. The Bertz CT molecular complexity index is 688. The van der Waals surface area contributed by atoms with Gasteiger partial charge >= 0.3 is 0 Å². The summed E-state index contributed by atoms with van der Waals surface area (Å²) in [5, 5.41) is 3.73. The van der Waals surface area contributed by atoms with Crippen LogP contribution in [0.1, 0.15) is 6.42 Å². The van der Waals surface area contributed by atoms with Gasteiger partial charge in [-0.1, -0.05) is 6.07 Å². The van der Waals surface area contributed by atoms with Crippen molar-refractivity contribution in [3.05, 3.63) is 29.8 Å². The first-order chi connectivity index (χ1) is 11.9. The molecule has 0 aliphatic carbocycles. The summed E-state index contributed by atoms with van der Waals surface area (Å²) in [7, 11) is -4.21. The monoisotopic (exact) mass is 409 g/mol. The van der Waals surface area contributed by atoms with Gasteiger partial charge in [-0.2, -0.15) is 16.1 Å². The Morgan fingerprint density at radius 1 is 1.24 bits per heavy atom. The number of rotatable bonds is 6. The molecule has 0 spiro atoms. The molecule has 1 saturated heterocycles. The highest BCUT2D eigenvalue weighted by molar-refractivity contribution is 7.98. The van der Waals surface area contributed by atoms with Crippen LogP contribution in [0.5, 0.6) is 0 Å². The molecule has 0 bridgehead atoms. The molecule has 1 aromatic rings. The minimum Gasteiger partial charge on any atom is -0.363 e. The highest BCUT2D eigenvalue weighted by Gasteiger charge is 2.33. The average molecular weight is 410 g/mol. The fourth-order valence-corrected chi connectivity index (χ4v) is 4.76. The second kappa shape index (κ2) is 9.11. The Balaban J connectivity index is 1.96. The molecule has 140 valence electrons. The molecule has 1 aliphatic heterocycles. The van der Waals surface area contributed by atoms with Gasteiger partial charge in [-0.25, -0.2) is 17.2 Å². The van der Waals surface area contributed by atoms with E-state index < -0.39 is 26.6 Å². The number of nitrogens with one attached hydrogen (secondary N) is 1. The highest BCUT2D eigenvalue weighted by Crippen LogP contribution is 2.23. The zero-order valence-electron chi connectivity index (χ0n) is 13.9. The summed E-state index contributed by atoms with van der Waals surface area (Å²) < 4.78 is 53.8. The van der Waals surface area contributed by atoms with E-state index >= 15 is 0 Å². The van der Waals surface area contributed by atoms with E-state index in [1.807, 2.05) is 11.2 Å². The van der Waals surface area contributed by atoms with Crippen LogP contribution in [-0.2, 0) is 10.0 Å². The van der Waals surface area contributed by atoms with Crippen molar-refractivity contribution in [3.63, 3.8) is 0 Å². The van der Waals surface area contributed by atoms with E-state index in [0.29, 0.717) is 18.2 Å². The molecule has 2 rings (SSSR count). The third-order valence-corrected chi connectivity index (χ3v) is 6.89. The van der Waals surface area contributed by atoms with E-state index in [4.69, 9.17) is 12.2 Å². The van der Waals surface area contributed by atoms with Crippen LogP contribution in [0.4, 0.5) is 8.78 Å². The molecule has 5 nitrogen and oxygen atoms in total. The van der Waals surface area contributed by atoms with E-state index in [-0.39, 0.29) is 13.1 Å². The first-order valence-electron chi connectivity index (χ1n) is 7.84. The normalized spacial score (nSPS) is 16.0. The summed E-state index contributed by atoms with van der Waals surface area (Å²) in [5.74, 6) is -1.11. The lowest BCUT2D eigenvalue weighted by Gasteiger charge is -2.35. The molecular formula is C15H21F2N3O2S3. The quantitative estimate of drug-likeness (QED) is 0.572. The summed E-state index contributed by atoms with van der Waals surface area (Å²) in [6.07, 6.45) is 3.03. The molecule has 0 saturated carbocycles. The first kappa shape index (κ1) is 20.3. The van der Waals surface area contributed by atoms with Crippen molar-refractivity contribution in [2.45, 2.75) is 11.3 Å². The molecule has 0 unspecified atom stereocenters. The van der Waals surface area contributed by atoms with Crippen molar-refractivity contribution in [2.75, 3.05) is 44.7 Å². The van der Waals surface area contributed by atoms with Crippen LogP contribution in [0, 0.1) is 11.6 Å². The van der Waals surface area contributed by atoms with Crippen LogP contribution in [0.15, 0.2) is 23.1 Å². The maximum atomic E-state index is 13.8. The number of benzene rings is 1. The van der Waals surface area contributed by atoms with Crippen molar-refractivity contribution in [2.24, 2.45) is 0 Å². The van der Waals surface area contributed by atoms with Gasteiger partial charge in [0.05, 0.1) is 0 Å². The fourth-order valence-electron chi connectivity index (χ4n) is 2.51. The zero-order chi connectivity index (χ0) is 18.4. The lowest BCUT2D eigenvalue weighted by molar-refractivity contribution is 0.262. The van der Waals surface area contributed by atoms with Crippen molar-refractivity contribution >= 4 is 39.1 Å². The van der Waals surface area contributed by atoms with Crippen molar-refractivity contribution < 1.29 is 17.2 Å². The number of nitrogens with zero attached hydrogens (tertiary/aromatic N) is 2. The molecule has 1 fully saturated rings. The largest absolute Gasteiger partial charge is 0.363 e. The van der Waals surface area contributed by atoms with Gasteiger partial charge in [-0.15, -0.1) is 0 Å². The van der Waals surface area contributed by atoms with Gasteiger partial charge in [0.1, 0.15) is 11.6 Å². The second-order valence-corrected chi connectivity index (χ2v) is 8.77. The third-order valence-electron chi connectivity index (χ3n) is 3.84. The van der Waals surface area contributed by atoms with Crippen LogP contribution in [0.3, 0.4) is 0 Å². The van der Waals surface area contributed by atoms with Crippen LogP contribution in [0.25, 0.3) is 0 Å². The maximum Gasteiger partial charge on any atom is 0.249 e. The molecule has 0 atom stereocenters. The summed E-state index contributed by atoms with van der Waals surface area (Å²) in [6, 6.07) is 3.03. The van der Waals surface area contributed by atoms with E-state index in [9.17, 15) is 17.2 Å². The molecule has 0 amide bonds. The van der Waals surface area contributed by atoms with Gasteiger partial charge in [-0.3, -0.25) is 0 Å². The Labute approximate surface area is 156 Å². The lowest BCUT2D eigenvalue weighted by Crippen LogP contribution is -2.53. The summed E-state index contributed by atoms with van der Waals surface area (Å²) >= 11 is 7.07. The molecule has 0 radical (unpaired) electrons. The Morgan fingerprint density at radius 3 is 2.40 bits per heavy atom. The van der Waals surface area contributed by atoms with E-state index in [0.717, 1.165) is 41.2 Å². The standard InChI is InChI=1S/C15H21F2N3O2S3/c1-24-11-3-6-18-15(23)19-7-9-20(10-8-19)25(21,22)14-12(16)4-2-5-13(14)17/h2,4-5H,3,6-11H2,1H3,(H,18,23). The zero-order valence-corrected chi connectivity index (χ0v) is 16.3. The van der Waals surface area contributed by atoms with Gasteiger partial charge in [0.25, 0.3) is 0 Å². The molecule has 1 aliphatic rings.